The lowest BCUT2D eigenvalue weighted by atomic mass is 9.89. The Kier molecular flexibility index (Phi) is 6.83. The highest BCUT2D eigenvalue weighted by molar-refractivity contribution is 5.97. The van der Waals surface area contributed by atoms with Gasteiger partial charge in [0.25, 0.3) is 0 Å². The van der Waals surface area contributed by atoms with Crippen molar-refractivity contribution in [3.8, 4) is 0 Å². The molecule has 1 rings (SSSR count). The first-order valence-electron chi connectivity index (χ1n) is 7.78. The van der Waals surface area contributed by atoms with Gasteiger partial charge in [-0.1, -0.05) is 64.8 Å². The van der Waals surface area contributed by atoms with Crippen molar-refractivity contribution in [2.75, 3.05) is 0 Å². The summed E-state index contributed by atoms with van der Waals surface area (Å²) in [5.74, 6) is 1.10. The summed E-state index contributed by atoms with van der Waals surface area (Å²) in [6.07, 6.45) is 5.43. The molecule has 106 valence electrons. The minimum atomic E-state index is 0.203. The normalized spacial score (nSPS) is 14.1. The Hall–Kier alpha value is -1.11. The highest BCUT2D eigenvalue weighted by Crippen LogP contribution is 2.22. The first kappa shape index (κ1) is 15.9. The van der Waals surface area contributed by atoms with Gasteiger partial charge in [0, 0.05) is 11.5 Å². The quantitative estimate of drug-likeness (QED) is 0.556. The number of hydrogen-bond acceptors (Lipinski definition) is 1. The Morgan fingerprint density at radius 3 is 2.16 bits per heavy atom. The molecule has 0 radical (unpaired) electrons. The molecule has 1 aromatic rings. The number of ketones is 1. The van der Waals surface area contributed by atoms with Crippen LogP contribution in [-0.2, 0) is 0 Å². The summed E-state index contributed by atoms with van der Waals surface area (Å²) in [5.41, 5.74) is 2.22. The zero-order chi connectivity index (χ0) is 14.3. The number of carbonyl (C=O) groups is 1. The smallest absolute Gasteiger partial charge is 0.165 e. The number of benzene rings is 1. The lowest BCUT2D eigenvalue weighted by Gasteiger charge is -2.14. The fourth-order valence-electron chi connectivity index (χ4n) is 2.42. The molecule has 0 aliphatic rings. The molecule has 2 unspecified atom stereocenters. The van der Waals surface area contributed by atoms with Gasteiger partial charge in [0.2, 0.25) is 0 Å². The fraction of sp³-hybridized carbons (Fsp3) is 0.611. The third-order valence-corrected chi connectivity index (χ3v) is 4.15. The van der Waals surface area contributed by atoms with Crippen molar-refractivity contribution >= 4 is 5.78 Å². The molecule has 1 nitrogen and oxygen atoms in total. The van der Waals surface area contributed by atoms with Crippen molar-refractivity contribution in [1.29, 1.82) is 0 Å². The number of hydrogen-bond donors (Lipinski definition) is 0. The van der Waals surface area contributed by atoms with Crippen molar-refractivity contribution in [2.45, 2.75) is 65.7 Å². The molecule has 0 saturated carbocycles. The predicted octanol–water partition coefficient (Wildman–Crippen LogP) is 5.60. The second-order valence-corrected chi connectivity index (χ2v) is 5.54. The Balaban J connectivity index is 2.76. The summed E-state index contributed by atoms with van der Waals surface area (Å²) < 4.78 is 0. The summed E-state index contributed by atoms with van der Waals surface area (Å²) in [6.45, 7) is 8.72. The van der Waals surface area contributed by atoms with Gasteiger partial charge in [0.15, 0.2) is 5.78 Å². The number of unbranched alkanes of at least 4 members (excludes halogenated alkanes) is 1. The maximum atomic E-state index is 12.4. The maximum absolute atomic E-state index is 12.4. The zero-order valence-electron chi connectivity index (χ0n) is 12.9. The summed E-state index contributed by atoms with van der Waals surface area (Å²) in [6, 6.07) is 8.26. The minimum absolute atomic E-state index is 0.203. The third-order valence-electron chi connectivity index (χ3n) is 4.15. The molecule has 0 aliphatic carbocycles. The third kappa shape index (κ3) is 4.49. The van der Waals surface area contributed by atoms with Crippen LogP contribution in [0.5, 0.6) is 0 Å². The zero-order valence-corrected chi connectivity index (χ0v) is 12.9. The molecule has 0 amide bonds. The molecule has 0 saturated heterocycles. The molecule has 0 aromatic heterocycles. The standard InChI is InChI=1S/C18H28O/c1-5-8-9-15(7-3)18(19)17-12-10-16(11-13-17)14(4)6-2/h10-15H,5-9H2,1-4H3. The van der Waals surface area contributed by atoms with Crippen molar-refractivity contribution in [1.82, 2.24) is 0 Å². The Labute approximate surface area is 118 Å². The molecule has 0 aliphatic heterocycles. The molecule has 1 heteroatoms. The van der Waals surface area contributed by atoms with Crippen molar-refractivity contribution in [2.24, 2.45) is 5.92 Å². The van der Waals surface area contributed by atoms with Gasteiger partial charge in [-0.25, -0.2) is 0 Å². The van der Waals surface area contributed by atoms with Gasteiger partial charge in [-0.15, -0.1) is 0 Å². The molecule has 0 bridgehead atoms. The van der Waals surface area contributed by atoms with Crippen LogP contribution in [0.2, 0.25) is 0 Å². The second kappa shape index (κ2) is 8.14. The van der Waals surface area contributed by atoms with Crippen LogP contribution in [0.1, 0.15) is 81.6 Å². The summed E-state index contributed by atoms with van der Waals surface area (Å²) in [7, 11) is 0. The summed E-state index contributed by atoms with van der Waals surface area (Å²) >= 11 is 0. The lowest BCUT2D eigenvalue weighted by molar-refractivity contribution is 0.0908. The van der Waals surface area contributed by atoms with Crippen LogP contribution in [-0.4, -0.2) is 5.78 Å². The minimum Gasteiger partial charge on any atom is -0.294 e. The average Bonchev–Trinajstić information content (AvgIpc) is 2.47. The summed E-state index contributed by atoms with van der Waals surface area (Å²) in [5, 5.41) is 0. The molecular weight excluding hydrogens is 232 g/mol. The lowest BCUT2D eigenvalue weighted by Crippen LogP contribution is -2.14. The van der Waals surface area contributed by atoms with Crippen molar-refractivity contribution in [3.05, 3.63) is 35.4 Å². The van der Waals surface area contributed by atoms with Gasteiger partial charge in [-0.2, -0.15) is 0 Å². The van der Waals surface area contributed by atoms with Crippen LogP contribution in [0.25, 0.3) is 0 Å². The predicted molar refractivity (Wildman–Crippen MR) is 82.8 cm³/mol. The molecular formula is C18H28O. The molecule has 0 spiro atoms. The van der Waals surface area contributed by atoms with Gasteiger partial charge >= 0.3 is 0 Å². The van der Waals surface area contributed by atoms with Gasteiger partial charge in [0.05, 0.1) is 0 Å². The van der Waals surface area contributed by atoms with E-state index in [0.717, 1.165) is 37.7 Å². The Morgan fingerprint density at radius 1 is 1.05 bits per heavy atom. The van der Waals surface area contributed by atoms with E-state index in [1.807, 2.05) is 12.1 Å². The highest BCUT2D eigenvalue weighted by atomic mass is 16.1. The van der Waals surface area contributed by atoms with Crippen molar-refractivity contribution < 1.29 is 4.79 Å². The topological polar surface area (TPSA) is 17.1 Å². The van der Waals surface area contributed by atoms with E-state index in [9.17, 15) is 4.79 Å². The Morgan fingerprint density at radius 2 is 1.68 bits per heavy atom. The number of carbonyl (C=O) groups excluding carboxylic acids is 1. The van der Waals surface area contributed by atoms with Gasteiger partial charge < -0.3 is 0 Å². The molecule has 0 heterocycles. The van der Waals surface area contributed by atoms with E-state index in [0.29, 0.717) is 11.7 Å². The Bertz CT molecular complexity index is 377. The van der Waals surface area contributed by atoms with Crippen LogP contribution in [0.15, 0.2) is 24.3 Å². The van der Waals surface area contributed by atoms with Crippen LogP contribution >= 0.6 is 0 Å². The molecule has 0 N–H and O–H groups in total. The number of rotatable bonds is 8. The van der Waals surface area contributed by atoms with E-state index in [1.165, 1.54) is 5.56 Å². The van der Waals surface area contributed by atoms with Crippen molar-refractivity contribution in [3.63, 3.8) is 0 Å². The van der Waals surface area contributed by atoms with Crippen LogP contribution in [0.4, 0.5) is 0 Å². The van der Waals surface area contributed by atoms with Crippen LogP contribution in [0.3, 0.4) is 0 Å². The maximum Gasteiger partial charge on any atom is 0.165 e. The largest absolute Gasteiger partial charge is 0.294 e. The molecule has 1 aromatic carbocycles. The van der Waals surface area contributed by atoms with E-state index in [1.54, 1.807) is 0 Å². The van der Waals surface area contributed by atoms with Crippen LogP contribution in [0, 0.1) is 5.92 Å². The van der Waals surface area contributed by atoms with E-state index in [-0.39, 0.29) is 5.92 Å². The van der Waals surface area contributed by atoms with E-state index in [4.69, 9.17) is 0 Å². The first-order valence-corrected chi connectivity index (χ1v) is 7.78. The first-order chi connectivity index (χ1) is 9.13. The van der Waals surface area contributed by atoms with Gasteiger partial charge in [-0.05, 0) is 30.7 Å². The second-order valence-electron chi connectivity index (χ2n) is 5.54. The van der Waals surface area contributed by atoms with Gasteiger partial charge in [-0.3, -0.25) is 4.79 Å². The summed E-state index contributed by atoms with van der Waals surface area (Å²) in [4.78, 5) is 12.4. The average molecular weight is 260 g/mol. The van der Waals surface area contributed by atoms with E-state index >= 15 is 0 Å². The number of Topliss-reactive ketones (excluding diaryl/α,β-unsaturated/α-hetero) is 1. The van der Waals surface area contributed by atoms with Crippen LogP contribution < -0.4 is 0 Å². The monoisotopic (exact) mass is 260 g/mol. The SMILES string of the molecule is CCCCC(CC)C(=O)c1ccc(C(C)CC)cc1. The van der Waals surface area contributed by atoms with E-state index in [2.05, 4.69) is 39.8 Å². The molecule has 19 heavy (non-hydrogen) atoms. The van der Waals surface area contributed by atoms with Gasteiger partial charge in [0.1, 0.15) is 0 Å². The molecule has 0 fully saturated rings. The van der Waals surface area contributed by atoms with E-state index < -0.39 is 0 Å². The molecule has 2 atom stereocenters. The fourth-order valence-corrected chi connectivity index (χ4v) is 2.42. The highest BCUT2D eigenvalue weighted by Gasteiger charge is 2.17.